The van der Waals surface area contributed by atoms with Gasteiger partial charge in [-0.15, -0.1) is 0 Å². The van der Waals surface area contributed by atoms with Gasteiger partial charge in [-0.25, -0.2) is 4.98 Å². The van der Waals surface area contributed by atoms with Gasteiger partial charge in [0.1, 0.15) is 11.5 Å². The first kappa shape index (κ1) is 18.7. The molecule has 0 spiro atoms. The smallest absolute Gasteiger partial charge is 0.259 e. The zero-order valence-electron chi connectivity index (χ0n) is 16.8. The highest BCUT2D eigenvalue weighted by molar-refractivity contribution is 6.07. The van der Waals surface area contributed by atoms with Gasteiger partial charge in [-0.05, 0) is 64.3 Å². The number of nitrogens with one attached hydrogen (secondary N) is 2. The first-order valence-corrected chi connectivity index (χ1v) is 9.70. The Balaban J connectivity index is 1.69. The van der Waals surface area contributed by atoms with Gasteiger partial charge in [0, 0.05) is 12.1 Å². The second-order valence-corrected chi connectivity index (χ2v) is 8.07. The van der Waals surface area contributed by atoms with E-state index in [1.54, 1.807) is 0 Å². The van der Waals surface area contributed by atoms with E-state index in [0.717, 1.165) is 43.0 Å². The van der Waals surface area contributed by atoms with Crippen molar-refractivity contribution in [3.05, 3.63) is 34.9 Å². The van der Waals surface area contributed by atoms with Crippen LogP contribution in [0.15, 0.2) is 21.1 Å². The summed E-state index contributed by atoms with van der Waals surface area (Å²) in [6.07, 6.45) is 2.09. The average Bonchev–Trinajstić information content (AvgIpc) is 3.21. The number of amides is 1. The number of furan rings is 1. The molecule has 3 aromatic heterocycles. The highest BCUT2D eigenvalue weighted by atomic mass is 16.5. The van der Waals surface area contributed by atoms with Gasteiger partial charge in [-0.1, -0.05) is 12.1 Å². The largest absolute Gasteiger partial charge is 0.466 e. The fraction of sp³-hybridized carbons (Fsp3) is 0.476. The van der Waals surface area contributed by atoms with Gasteiger partial charge in [0.15, 0.2) is 0 Å². The van der Waals surface area contributed by atoms with E-state index in [1.807, 2.05) is 32.9 Å². The Hall–Kier alpha value is -2.67. The monoisotopic (exact) mass is 382 g/mol. The van der Waals surface area contributed by atoms with Crippen molar-refractivity contribution >= 4 is 17.0 Å². The molecule has 1 saturated heterocycles. The Morgan fingerprint density at radius 3 is 2.68 bits per heavy atom. The summed E-state index contributed by atoms with van der Waals surface area (Å²) in [7, 11) is 0. The number of piperidine rings is 1. The van der Waals surface area contributed by atoms with Crippen LogP contribution in [0.3, 0.4) is 0 Å². The number of aryl methyl sites for hydroxylation is 3. The number of aromatic nitrogens is 2. The number of nitrogens with zero attached hydrogens (tertiary/aromatic N) is 2. The minimum absolute atomic E-state index is 0.109. The highest BCUT2D eigenvalue weighted by Crippen LogP contribution is 2.31. The number of carbonyl (C=O) groups is 1. The standard InChI is InChI=1S/C21H26N4O3/c1-12-9-15(14(3)27-12)17-10-16(18-13(2)25-28-20(18)24-17)19(26)23-11-21(4)5-7-22-8-6-21/h9-10,22H,5-8,11H2,1-4H3,(H,23,26). The van der Waals surface area contributed by atoms with Crippen LogP contribution in [0, 0.1) is 26.2 Å². The Labute approximate surface area is 163 Å². The second-order valence-electron chi connectivity index (χ2n) is 8.07. The molecule has 7 heteroatoms. The lowest BCUT2D eigenvalue weighted by Crippen LogP contribution is -2.42. The Kier molecular flexibility index (Phi) is 4.71. The second kappa shape index (κ2) is 7.05. The fourth-order valence-corrected chi connectivity index (χ4v) is 3.89. The number of fused-ring (bicyclic) bond motifs is 1. The molecule has 0 unspecified atom stereocenters. The number of carbonyl (C=O) groups excluding carboxylic acids is 1. The molecule has 0 bridgehead atoms. The molecule has 2 N–H and O–H groups in total. The van der Waals surface area contributed by atoms with E-state index in [2.05, 4.69) is 27.7 Å². The third-order valence-corrected chi connectivity index (χ3v) is 5.67. The first-order valence-electron chi connectivity index (χ1n) is 9.70. The van der Waals surface area contributed by atoms with Gasteiger partial charge >= 0.3 is 0 Å². The van der Waals surface area contributed by atoms with Crippen LogP contribution in [0.25, 0.3) is 22.4 Å². The van der Waals surface area contributed by atoms with E-state index >= 15 is 0 Å². The molecule has 28 heavy (non-hydrogen) atoms. The van der Waals surface area contributed by atoms with Crippen molar-refractivity contribution < 1.29 is 13.7 Å². The first-order chi connectivity index (χ1) is 13.4. The van der Waals surface area contributed by atoms with Gasteiger partial charge in [0.25, 0.3) is 11.6 Å². The summed E-state index contributed by atoms with van der Waals surface area (Å²) in [5.74, 6) is 1.43. The van der Waals surface area contributed by atoms with Gasteiger partial charge < -0.3 is 19.6 Å². The van der Waals surface area contributed by atoms with Crippen LogP contribution in [-0.2, 0) is 0 Å². The molecule has 0 saturated carbocycles. The van der Waals surface area contributed by atoms with E-state index in [9.17, 15) is 4.79 Å². The Morgan fingerprint density at radius 1 is 1.25 bits per heavy atom. The summed E-state index contributed by atoms with van der Waals surface area (Å²) in [6.45, 7) is 10.4. The maximum absolute atomic E-state index is 13.1. The number of rotatable bonds is 4. The maximum atomic E-state index is 13.1. The third-order valence-electron chi connectivity index (χ3n) is 5.67. The van der Waals surface area contributed by atoms with E-state index < -0.39 is 0 Å². The molecule has 0 aliphatic carbocycles. The van der Waals surface area contributed by atoms with E-state index in [1.165, 1.54) is 0 Å². The van der Waals surface area contributed by atoms with Gasteiger partial charge in [0.2, 0.25) is 0 Å². The third kappa shape index (κ3) is 3.42. The summed E-state index contributed by atoms with van der Waals surface area (Å²) in [5, 5.41) is 11.2. The normalized spacial score (nSPS) is 16.4. The lowest BCUT2D eigenvalue weighted by Gasteiger charge is -2.34. The molecule has 1 fully saturated rings. The van der Waals surface area contributed by atoms with Crippen LogP contribution in [0.2, 0.25) is 0 Å². The van der Waals surface area contributed by atoms with Crippen molar-refractivity contribution in [2.45, 2.75) is 40.5 Å². The minimum Gasteiger partial charge on any atom is -0.466 e. The van der Waals surface area contributed by atoms with Crippen LogP contribution in [-0.4, -0.2) is 35.7 Å². The van der Waals surface area contributed by atoms with E-state index in [0.29, 0.717) is 34.6 Å². The SMILES string of the molecule is Cc1cc(-c2cc(C(=O)NCC3(C)CCNCC3)c3c(C)noc3n2)c(C)o1. The number of hydrogen-bond donors (Lipinski definition) is 2. The number of pyridine rings is 1. The van der Waals surface area contributed by atoms with E-state index in [-0.39, 0.29) is 11.3 Å². The summed E-state index contributed by atoms with van der Waals surface area (Å²) in [6, 6.07) is 3.73. The zero-order chi connectivity index (χ0) is 19.9. The van der Waals surface area contributed by atoms with Crippen molar-refractivity contribution in [2.24, 2.45) is 5.41 Å². The summed E-state index contributed by atoms with van der Waals surface area (Å²) < 4.78 is 11.0. The van der Waals surface area contributed by atoms with Crippen molar-refractivity contribution in [1.82, 2.24) is 20.8 Å². The molecule has 1 aliphatic heterocycles. The fourth-order valence-electron chi connectivity index (χ4n) is 3.89. The summed E-state index contributed by atoms with van der Waals surface area (Å²) >= 11 is 0. The van der Waals surface area contributed by atoms with Gasteiger partial charge in [-0.3, -0.25) is 4.79 Å². The van der Waals surface area contributed by atoms with Gasteiger partial charge in [0.05, 0.1) is 22.3 Å². The van der Waals surface area contributed by atoms with Crippen molar-refractivity contribution in [3.63, 3.8) is 0 Å². The zero-order valence-corrected chi connectivity index (χ0v) is 16.8. The van der Waals surface area contributed by atoms with Crippen LogP contribution < -0.4 is 10.6 Å². The van der Waals surface area contributed by atoms with Crippen LogP contribution in [0.5, 0.6) is 0 Å². The summed E-state index contributed by atoms with van der Waals surface area (Å²) in [5.41, 5.74) is 3.18. The Morgan fingerprint density at radius 2 is 2.00 bits per heavy atom. The van der Waals surface area contributed by atoms with Crippen LogP contribution >= 0.6 is 0 Å². The van der Waals surface area contributed by atoms with Crippen LogP contribution in [0.1, 0.15) is 47.3 Å². The van der Waals surface area contributed by atoms with Crippen molar-refractivity contribution in [2.75, 3.05) is 19.6 Å². The quantitative estimate of drug-likeness (QED) is 0.717. The predicted octanol–water partition coefficient (Wildman–Crippen LogP) is 3.53. The molecule has 0 aromatic carbocycles. The minimum atomic E-state index is -0.127. The topological polar surface area (TPSA) is 93.2 Å². The lowest BCUT2D eigenvalue weighted by molar-refractivity contribution is 0.0924. The molecular formula is C21H26N4O3. The van der Waals surface area contributed by atoms with Crippen molar-refractivity contribution in [3.8, 4) is 11.3 Å². The molecule has 148 valence electrons. The molecule has 1 amide bonds. The molecule has 0 atom stereocenters. The highest BCUT2D eigenvalue weighted by Gasteiger charge is 2.28. The molecule has 7 nitrogen and oxygen atoms in total. The number of hydrogen-bond acceptors (Lipinski definition) is 6. The molecule has 4 heterocycles. The lowest BCUT2D eigenvalue weighted by atomic mass is 9.81. The summed E-state index contributed by atoms with van der Waals surface area (Å²) in [4.78, 5) is 17.7. The Bertz CT molecular complexity index is 1030. The van der Waals surface area contributed by atoms with Crippen LogP contribution in [0.4, 0.5) is 0 Å². The molecule has 4 rings (SSSR count). The molecule has 0 radical (unpaired) electrons. The van der Waals surface area contributed by atoms with E-state index in [4.69, 9.17) is 8.94 Å². The molecule has 3 aromatic rings. The molecule has 1 aliphatic rings. The average molecular weight is 382 g/mol. The molecular weight excluding hydrogens is 356 g/mol. The van der Waals surface area contributed by atoms with Gasteiger partial charge in [-0.2, -0.15) is 0 Å². The predicted molar refractivity (Wildman–Crippen MR) is 106 cm³/mol. The maximum Gasteiger partial charge on any atom is 0.259 e. The van der Waals surface area contributed by atoms with Crippen molar-refractivity contribution in [1.29, 1.82) is 0 Å².